The van der Waals surface area contributed by atoms with Crippen LogP contribution in [0.2, 0.25) is 5.15 Å². The second kappa shape index (κ2) is 6.39. The van der Waals surface area contributed by atoms with E-state index < -0.39 is 0 Å². The Morgan fingerprint density at radius 2 is 2.40 bits per heavy atom. The van der Waals surface area contributed by atoms with Gasteiger partial charge in [0.05, 0.1) is 5.69 Å². The number of aromatic nitrogens is 2. The van der Waals surface area contributed by atoms with Crippen molar-refractivity contribution >= 4 is 39.9 Å². The Hall–Kier alpha value is -1.37. The molecule has 108 valence electrons. The second-order valence-electron chi connectivity index (χ2n) is 4.63. The lowest BCUT2D eigenvalue weighted by Gasteiger charge is -2.17. The van der Waals surface area contributed by atoms with Gasteiger partial charge in [0.25, 0.3) is 0 Å². The lowest BCUT2D eigenvalue weighted by Crippen LogP contribution is -2.37. The van der Waals surface area contributed by atoms with Crippen LogP contribution < -0.4 is 5.32 Å². The lowest BCUT2D eigenvalue weighted by atomic mass is 10.1. The van der Waals surface area contributed by atoms with Crippen molar-refractivity contribution in [1.82, 2.24) is 14.7 Å². The third-order valence-corrected chi connectivity index (χ3v) is 4.19. The summed E-state index contributed by atoms with van der Waals surface area (Å²) in [7, 11) is 0. The summed E-state index contributed by atoms with van der Waals surface area (Å²) in [5.41, 5.74) is 0.681. The lowest BCUT2D eigenvalue weighted by molar-refractivity contribution is -0.117. The standard InChI is InChI=1S/C13H16ClN3O2S/c1-8(7-18)9(2)15-11(19)4-3-10-12(14)16-13-17(10)5-6-20-13/h3-6,8-9,18H,7H2,1-2H3,(H,15,19)/b4-3+. The molecule has 0 saturated carbocycles. The quantitative estimate of drug-likeness (QED) is 0.832. The van der Waals surface area contributed by atoms with Crippen LogP contribution in [-0.4, -0.2) is 33.0 Å². The van der Waals surface area contributed by atoms with Crippen LogP contribution in [-0.2, 0) is 4.79 Å². The number of rotatable bonds is 5. The van der Waals surface area contributed by atoms with E-state index in [-0.39, 0.29) is 24.5 Å². The molecule has 0 aromatic carbocycles. The molecule has 20 heavy (non-hydrogen) atoms. The zero-order chi connectivity index (χ0) is 14.7. The van der Waals surface area contributed by atoms with Gasteiger partial charge in [-0.05, 0) is 18.9 Å². The highest BCUT2D eigenvalue weighted by molar-refractivity contribution is 7.15. The summed E-state index contributed by atoms with van der Waals surface area (Å²) < 4.78 is 1.83. The fourth-order valence-corrected chi connectivity index (χ4v) is 2.66. The minimum Gasteiger partial charge on any atom is -0.396 e. The number of nitrogens with one attached hydrogen (secondary N) is 1. The SMILES string of the molecule is CC(CO)C(C)NC(=O)/C=C/c1c(Cl)nc2sccn12. The molecule has 2 heterocycles. The number of aliphatic hydroxyl groups excluding tert-OH is 1. The highest BCUT2D eigenvalue weighted by Gasteiger charge is 2.13. The molecule has 0 bridgehead atoms. The van der Waals surface area contributed by atoms with Gasteiger partial charge in [0.1, 0.15) is 0 Å². The van der Waals surface area contributed by atoms with E-state index in [1.54, 1.807) is 6.08 Å². The average molecular weight is 314 g/mol. The number of imidazole rings is 1. The number of hydrogen-bond acceptors (Lipinski definition) is 4. The smallest absolute Gasteiger partial charge is 0.244 e. The molecule has 2 N–H and O–H groups in total. The maximum atomic E-state index is 11.8. The van der Waals surface area contributed by atoms with E-state index in [9.17, 15) is 4.79 Å². The van der Waals surface area contributed by atoms with E-state index in [0.717, 1.165) is 4.96 Å². The molecule has 2 atom stereocenters. The largest absolute Gasteiger partial charge is 0.396 e. The van der Waals surface area contributed by atoms with Crippen molar-refractivity contribution in [2.75, 3.05) is 6.61 Å². The molecule has 0 radical (unpaired) electrons. The van der Waals surface area contributed by atoms with E-state index in [1.165, 1.54) is 17.4 Å². The molecule has 1 amide bonds. The van der Waals surface area contributed by atoms with E-state index in [1.807, 2.05) is 29.8 Å². The van der Waals surface area contributed by atoms with Crippen molar-refractivity contribution in [2.45, 2.75) is 19.9 Å². The predicted molar refractivity (Wildman–Crippen MR) is 81.0 cm³/mol. The molecule has 2 aromatic heterocycles. The van der Waals surface area contributed by atoms with Gasteiger partial charge in [-0.15, -0.1) is 11.3 Å². The Labute approximate surface area is 125 Å². The summed E-state index contributed by atoms with van der Waals surface area (Å²) in [5.74, 6) is -0.214. The van der Waals surface area contributed by atoms with Crippen LogP contribution in [0.15, 0.2) is 17.7 Å². The maximum absolute atomic E-state index is 11.8. The van der Waals surface area contributed by atoms with Gasteiger partial charge >= 0.3 is 0 Å². The number of nitrogens with zero attached hydrogens (tertiary/aromatic N) is 2. The zero-order valence-electron chi connectivity index (χ0n) is 11.2. The van der Waals surface area contributed by atoms with E-state index in [0.29, 0.717) is 10.8 Å². The summed E-state index contributed by atoms with van der Waals surface area (Å²) in [5, 5.41) is 14.1. The van der Waals surface area contributed by atoms with Gasteiger partial charge in [-0.3, -0.25) is 9.20 Å². The van der Waals surface area contributed by atoms with Crippen molar-refractivity contribution in [3.05, 3.63) is 28.5 Å². The van der Waals surface area contributed by atoms with Gasteiger partial charge in [-0.2, -0.15) is 0 Å². The van der Waals surface area contributed by atoms with E-state index in [2.05, 4.69) is 10.3 Å². The monoisotopic (exact) mass is 313 g/mol. The van der Waals surface area contributed by atoms with Gasteiger partial charge in [-0.1, -0.05) is 18.5 Å². The fraction of sp³-hybridized carbons (Fsp3) is 0.385. The molecule has 0 spiro atoms. The van der Waals surface area contributed by atoms with Gasteiger partial charge < -0.3 is 10.4 Å². The van der Waals surface area contributed by atoms with E-state index >= 15 is 0 Å². The Morgan fingerprint density at radius 1 is 1.65 bits per heavy atom. The van der Waals surface area contributed by atoms with Crippen LogP contribution in [0.5, 0.6) is 0 Å². The molecule has 0 aliphatic rings. The molecule has 5 nitrogen and oxygen atoms in total. The summed E-state index contributed by atoms with van der Waals surface area (Å²) in [4.78, 5) is 16.8. The van der Waals surface area contributed by atoms with Gasteiger partial charge in [-0.25, -0.2) is 4.98 Å². The topological polar surface area (TPSA) is 66.6 Å². The molecule has 0 aliphatic carbocycles. The van der Waals surface area contributed by atoms with Crippen LogP contribution >= 0.6 is 22.9 Å². The number of carbonyl (C=O) groups excluding carboxylic acids is 1. The average Bonchev–Trinajstić information content (AvgIpc) is 2.96. The third-order valence-electron chi connectivity index (χ3n) is 3.16. The van der Waals surface area contributed by atoms with Gasteiger partial charge in [0.2, 0.25) is 5.91 Å². The van der Waals surface area contributed by atoms with Crippen LogP contribution in [0, 0.1) is 5.92 Å². The Kier molecular flexibility index (Phi) is 4.80. The van der Waals surface area contributed by atoms with E-state index in [4.69, 9.17) is 16.7 Å². The molecule has 0 fully saturated rings. The number of carbonyl (C=O) groups is 1. The highest BCUT2D eigenvalue weighted by atomic mass is 35.5. The third kappa shape index (κ3) is 3.20. The Balaban J connectivity index is 2.07. The molecule has 0 aliphatic heterocycles. The zero-order valence-corrected chi connectivity index (χ0v) is 12.8. The first kappa shape index (κ1) is 15.0. The molecule has 7 heteroatoms. The van der Waals surface area contributed by atoms with Gasteiger partial charge in [0, 0.05) is 30.3 Å². The molecule has 2 unspecified atom stereocenters. The van der Waals surface area contributed by atoms with Crippen molar-refractivity contribution in [3.63, 3.8) is 0 Å². The van der Waals surface area contributed by atoms with Crippen LogP contribution in [0.3, 0.4) is 0 Å². The van der Waals surface area contributed by atoms with Crippen molar-refractivity contribution in [3.8, 4) is 0 Å². The summed E-state index contributed by atoms with van der Waals surface area (Å²) in [6.45, 7) is 3.77. The first-order valence-electron chi connectivity index (χ1n) is 6.23. The second-order valence-corrected chi connectivity index (χ2v) is 5.86. The predicted octanol–water partition coefficient (Wildman–Crippen LogP) is 2.20. The molecule has 0 saturated heterocycles. The molecular formula is C13H16ClN3O2S. The first-order valence-corrected chi connectivity index (χ1v) is 7.49. The molecule has 2 rings (SSSR count). The number of fused-ring (bicyclic) bond motifs is 1. The van der Waals surface area contributed by atoms with Crippen molar-refractivity contribution in [2.24, 2.45) is 5.92 Å². The summed E-state index contributed by atoms with van der Waals surface area (Å²) in [6.07, 6.45) is 4.92. The number of aliphatic hydroxyl groups is 1. The number of thiazole rings is 1. The fourth-order valence-electron chi connectivity index (χ4n) is 1.65. The minimum atomic E-state index is -0.223. The van der Waals surface area contributed by atoms with Crippen LogP contribution in [0.1, 0.15) is 19.5 Å². The summed E-state index contributed by atoms with van der Waals surface area (Å²) >= 11 is 7.51. The van der Waals surface area contributed by atoms with Crippen molar-refractivity contribution in [1.29, 1.82) is 0 Å². The molecular weight excluding hydrogens is 298 g/mol. The normalized spacial score (nSPS) is 14.8. The maximum Gasteiger partial charge on any atom is 0.244 e. The molecule has 2 aromatic rings. The van der Waals surface area contributed by atoms with Gasteiger partial charge in [0.15, 0.2) is 10.1 Å². The first-order chi connectivity index (χ1) is 9.52. The van der Waals surface area contributed by atoms with Crippen molar-refractivity contribution < 1.29 is 9.90 Å². The van der Waals surface area contributed by atoms with Crippen LogP contribution in [0.25, 0.3) is 11.0 Å². The number of amides is 1. The Morgan fingerprint density at radius 3 is 3.10 bits per heavy atom. The minimum absolute atomic E-state index is 0.00878. The Bertz CT molecular complexity index is 635. The number of hydrogen-bond donors (Lipinski definition) is 2. The van der Waals surface area contributed by atoms with Crippen LogP contribution in [0.4, 0.5) is 0 Å². The number of halogens is 1. The summed E-state index contributed by atoms with van der Waals surface area (Å²) in [6, 6.07) is -0.0979. The highest BCUT2D eigenvalue weighted by Crippen LogP contribution is 2.22.